The van der Waals surface area contributed by atoms with Crippen LogP contribution in [0.1, 0.15) is 18.4 Å². The molecule has 0 amide bonds. The number of carbonyl (C=O) groups is 1. The normalized spacial score (nSPS) is 20.4. The molecule has 10 heteroatoms. The number of aliphatic carboxylic acids is 1. The lowest BCUT2D eigenvalue weighted by Gasteiger charge is -2.30. The Morgan fingerprint density at radius 2 is 2.00 bits per heavy atom. The molecule has 1 aromatic rings. The zero-order valence-corrected chi connectivity index (χ0v) is 13.2. The second-order valence-corrected chi connectivity index (χ2v) is 7.50. The summed E-state index contributed by atoms with van der Waals surface area (Å²) >= 11 is 5.76. The number of nitrogens with zero attached hydrogens (tertiary/aromatic N) is 1. The Labute approximate surface area is 135 Å². The van der Waals surface area contributed by atoms with Gasteiger partial charge >= 0.3 is 12.1 Å². The highest BCUT2D eigenvalue weighted by molar-refractivity contribution is 7.89. The maximum atomic E-state index is 12.8. The van der Waals surface area contributed by atoms with Gasteiger partial charge in [-0.2, -0.15) is 17.5 Å². The fraction of sp³-hybridized carbons (Fsp3) is 0.462. The molecule has 1 aliphatic rings. The van der Waals surface area contributed by atoms with Crippen LogP contribution in [0.4, 0.5) is 13.2 Å². The fourth-order valence-corrected chi connectivity index (χ4v) is 4.40. The molecule has 1 atom stereocenters. The predicted octanol–water partition coefficient (Wildman–Crippen LogP) is 2.84. The van der Waals surface area contributed by atoms with E-state index in [1.54, 1.807) is 0 Å². The number of carboxylic acid groups (broad SMARTS) is 1. The minimum absolute atomic E-state index is 0.0404. The molecule has 1 aromatic carbocycles. The van der Waals surface area contributed by atoms with E-state index in [2.05, 4.69) is 0 Å². The summed E-state index contributed by atoms with van der Waals surface area (Å²) in [5, 5.41) is 8.66. The van der Waals surface area contributed by atoms with E-state index in [1.807, 2.05) is 0 Å². The monoisotopic (exact) mass is 371 g/mol. The van der Waals surface area contributed by atoms with Crippen LogP contribution in [0.15, 0.2) is 23.1 Å². The number of piperidine rings is 1. The van der Waals surface area contributed by atoms with Crippen molar-refractivity contribution in [1.29, 1.82) is 0 Å². The largest absolute Gasteiger partial charge is 0.481 e. The topological polar surface area (TPSA) is 74.7 Å². The first-order valence-corrected chi connectivity index (χ1v) is 8.45. The molecular formula is C13H13ClF3NO4S. The molecule has 1 saturated heterocycles. The summed E-state index contributed by atoms with van der Waals surface area (Å²) < 4.78 is 64.3. The third kappa shape index (κ3) is 3.78. The Kier molecular flexibility index (Phi) is 4.93. The molecule has 23 heavy (non-hydrogen) atoms. The van der Waals surface area contributed by atoms with Crippen LogP contribution in [-0.4, -0.2) is 36.9 Å². The van der Waals surface area contributed by atoms with Crippen molar-refractivity contribution in [3.8, 4) is 0 Å². The van der Waals surface area contributed by atoms with Gasteiger partial charge in [-0.05, 0) is 31.0 Å². The lowest BCUT2D eigenvalue weighted by atomic mass is 10.0. The van der Waals surface area contributed by atoms with Gasteiger partial charge in [0.15, 0.2) is 0 Å². The average molecular weight is 372 g/mol. The number of rotatable bonds is 3. The average Bonchev–Trinajstić information content (AvgIpc) is 2.46. The Morgan fingerprint density at radius 3 is 2.57 bits per heavy atom. The molecule has 1 unspecified atom stereocenters. The summed E-state index contributed by atoms with van der Waals surface area (Å²) in [5.74, 6) is -2.02. The van der Waals surface area contributed by atoms with E-state index < -0.39 is 38.5 Å². The molecule has 1 fully saturated rings. The van der Waals surface area contributed by atoms with Gasteiger partial charge in [0.25, 0.3) is 0 Å². The standard InChI is InChI=1S/C13H13ClF3NO4S/c14-10-4-3-9(13(15,16)17)6-11(10)23(21,22)18-5-1-2-8(7-18)12(19)20/h3-4,6,8H,1-2,5,7H2,(H,19,20). The molecule has 128 valence electrons. The Bertz CT molecular complexity index is 720. The highest BCUT2D eigenvalue weighted by Crippen LogP contribution is 2.35. The molecule has 0 aromatic heterocycles. The van der Waals surface area contributed by atoms with Crippen molar-refractivity contribution in [1.82, 2.24) is 4.31 Å². The molecule has 5 nitrogen and oxygen atoms in total. The maximum Gasteiger partial charge on any atom is 0.416 e. The van der Waals surface area contributed by atoms with Crippen LogP contribution < -0.4 is 0 Å². The van der Waals surface area contributed by atoms with E-state index in [9.17, 15) is 26.4 Å². The fourth-order valence-electron chi connectivity index (χ4n) is 2.38. The molecule has 0 radical (unpaired) electrons. The van der Waals surface area contributed by atoms with Gasteiger partial charge in [-0.3, -0.25) is 4.79 Å². The summed E-state index contributed by atoms with van der Waals surface area (Å²) in [4.78, 5) is 10.4. The summed E-state index contributed by atoms with van der Waals surface area (Å²) in [6.07, 6.45) is -4.08. The molecular weight excluding hydrogens is 359 g/mol. The number of halogens is 4. The van der Waals surface area contributed by atoms with Crippen molar-refractivity contribution >= 4 is 27.6 Å². The number of alkyl halides is 3. The first kappa shape index (κ1) is 18.0. The SMILES string of the molecule is O=C(O)C1CCCN(S(=O)(=O)c2cc(C(F)(F)F)ccc2Cl)C1. The number of sulfonamides is 1. The summed E-state index contributed by atoms with van der Waals surface area (Å²) in [6.45, 7) is -0.247. The maximum absolute atomic E-state index is 12.8. The third-order valence-corrected chi connectivity index (χ3v) is 5.96. The summed E-state index contributed by atoms with van der Waals surface area (Å²) in [5.41, 5.74) is -1.13. The van der Waals surface area contributed by atoms with Crippen LogP contribution in [0.25, 0.3) is 0 Å². The second kappa shape index (κ2) is 6.29. The van der Waals surface area contributed by atoms with Crippen molar-refractivity contribution in [2.75, 3.05) is 13.1 Å². The van der Waals surface area contributed by atoms with Crippen LogP contribution in [0.5, 0.6) is 0 Å². The van der Waals surface area contributed by atoms with E-state index in [0.29, 0.717) is 25.0 Å². The van der Waals surface area contributed by atoms with Gasteiger partial charge in [-0.1, -0.05) is 11.6 Å². The minimum Gasteiger partial charge on any atom is -0.481 e. The first-order valence-electron chi connectivity index (χ1n) is 6.63. The molecule has 0 saturated carbocycles. The highest BCUT2D eigenvalue weighted by Gasteiger charge is 2.37. The van der Waals surface area contributed by atoms with E-state index in [1.165, 1.54) is 0 Å². The minimum atomic E-state index is -4.71. The van der Waals surface area contributed by atoms with Crippen LogP contribution >= 0.6 is 11.6 Å². The molecule has 0 aliphatic carbocycles. The number of carboxylic acids is 1. The third-order valence-electron chi connectivity index (χ3n) is 3.61. The van der Waals surface area contributed by atoms with Gasteiger partial charge in [0.2, 0.25) is 10.0 Å². The molecule has 1 N–H and O–H groups in total. The summed E-state index contributed by atoms with van der Waals surface area (Å²) in [6, 6.07) is 2.04. The van der Waals surface area contributed by atoms with Crippen molar-refractivity contribution in [2.24, 2.45) is 5.92 Å². The zero-order valence-electron chi connectivity index (χ0n) is 11.7. The number of benzene rings is 1. The van der Waals surface area contributed by atoms with Crippen LogP contribution in [-0.2, 0) is 21.0 Å². The van der Waals surface area contributed by atoms with E-state index in [-0.39, 0.29) is 18.1 Å². The molecule has 0 bridgehead atoms. The second-order valence-electron chi connectivity index (χ2n) is 5.18. The molecule has 1 heterocycles. The van der Waals surface area contributed by atoms with Gasteiger partial charge in [0.05, 0.1) is 16.5 Å². The lowest BCUT2D eigenvalue weighted by molar-refractivity contribution is -0.143. The Morgan fingerprint density at radius 1 is 1.35 bits per heavy atom. The van der Waals surface area contributed by atoms with E-state index in [4.69, 9.17) is 16.7 Å². The molecule has 1 aliphatic heterocycles. The highest BCUT2D eigenvalue weighted by atomic mass is 35.5. The van der Waals surface area contributed by atoms with Crippen molar-refractivity contribution in [3.63, 3.8) is 0 Å². The molecule has 0 spiro atoms. The van der Waals surface area contributed by atoms with Crippen LogP contribution in [0.3, 0.4) is 0 Å². The predicted molar refractivity (Wildman–Crippen MR) is 75.6 cm³/mol. The number of hydrogen-bond donors (Lipinski definition) is 1. The number of hydrogen-bond acceptors (Lipinski definition) is 3. The van der Waals surface area contributed by atoms with Gasteiger partial charge in [-0.15, -0.1) is 0 Å². The van der Waals surface area contributed by atoms with Crippen LogP contribution in [0, 0.1) is 5.92 Å². The Hall–Kier alpha value is -1.32. The smallest absolute Gasteiger partial charge is 0.416 e. The summed E-state index contributed by atoms with van der Waals surface area (Å²) in [7, 11) is -4.30. The molecule has 2 rings (SSSR count). The van der Waals surface area contributed by atoms with Crippen LogP contribution in [0.2, 0.25) is 5.02 Å². The Balaban J connectivity index is 2.41. The van der Waals surface area contributed by atoms with Gasteiger partial charge in [-0.25, -0.2) is 8.42 Å². The van der Waals surface area contributed by atoms with Crippen molar-refractivity contribution in [3.05, 3.63) is 28.8 Å². The quantitative estimate of drug-likeness (QED) is 0.886. The lowest BCUT2D eigenvalue weighted by Crippen LogP contribution is -2.42. The van der Waals surface area contributed by atoms with E-state index in [0.717, 1.165) is 10.4 Å². The van der Waals surface area contributed by atoms with Gasteiger partial charge in [0.1, 0.15) is 4.90 Å². The van der Waals surface area contributed by atoms with Gasteiger partial charge < -0.3 is 5.11 Å². The zero-order chi connectivity index (χ0) is 17.4. The first-order chi connectivity index (χ1) is 10.5. The van der Waals surface area contributed by atoms with Crippen molar-refractivity contribution < 1.29 is 31.5 Å². The van der Waals surface area contributed by atoms with E-state index >= 15 is 0 Å². The van der Waals surface area contributed by atoms with Gasteiger partial charge in [0, 0.05) is 13.1 Å². The van der Waals surface area contributed by atoms with Crippen molar-refractivity contribution in [2.45, 2.75) is 23.9 Å².